The van der Waals surface area contributed by atoms with E-state index in [4.69, 9.17) is 9.47 Å². The number of ether oxygens (including phenoxy) is 2. The summed E-state index contributed by atoms with van der Waals surface area (Å²) in [4.78, 5) is 19.3. The number of rotatable bonds is 8. The first-order chi connectivity index (χ1) is 19.9. The maximum atomic E-state index is 15.6. The second-order valence-corrected chi connectivity index (χ2v) is 10.1. The number of carbonyl (C=O) groups excluding carboxylic acids is 1. The number of fused-ring (bicyclic) bond motifs is 4. The fourth-order valence-electron chi connectivity index (χ4n) is 5.54. The smallest absolute Gasteiger partial charge is 0.306 e. The van der Waals surface area contributed by atoms with Crippen molar-refractivity contribution in [2.45, 2.75) is 45.6 Å². The van der Waals surface area contributed by atoms with Crippen LogP contribution in [0.3, 0.4) is 0 Å². The summed E-state index contributed by atoms with van der Waals surface area (Å²) < 4.78 is 58.0. The van der Waals surface area contributed by atoms with E-state index in [1.807, 2.05) is 13.0 Å². The second-order valence-electron chi connectivity index (χ2n) is 10.1. The minimum atomic E-state index is -0.806. The van der Waals surface area contributed by atoms with Crippen LogP contribution in [0.2, 0.25) is 0 Å². The van der Waals surface area contributed by atoms with Gasteiger partial charge in [0.2, 0.25) is 0 Å². The van der Waals surface area contributed by atoms with Gasteiger partial charge in [-0.15, -0.1) is 0 Å². The quantitative estimate of drug-likeness (QED) is 0.201. The number of aromatic nitrogens is 3. The summed E-state index contributed by atoms with van der Waals surface area (Å²) in [5, 5.41) is 0.241. The molecule has 210 valence electrons. The van der Waals surface area contributed by atoms with Crippen LogP contribution < -0.4 is 4.74 Å². The number of hydrogen-bond donors (Lipinski definition) is 1. The standard InChI is InChI=1S/C32H28F3N3O3/c1-3-40-28(39)10-8-20-5-4-6-22(29(20)34)18(2)27-17-37-32-24-15-21(9-7-19(24)12-14-38(27)32)41-31-25(33)16-26-23(30(31)35)11-13-36-26/h4-7,9,11,13,15-18,36H,3,8,10,12,14H2,1-2H3/t18-/m0/s1. The summed E-state index contributed by atoms with van der Waals surface area (Å²) in [6, 6.07) is 13.3. The first-order valence-corrected chi connectivity index (χ1v) is 13.6. The topological polar surface area (TPSA) is 69.1 Å². The first-order valence-electron chi connectivity index (χ1n) is 13.6. The number of nitrogens with one attached hydrogen (secondary N) is 1. The summed E-state index contributed by atoms with van der Waals surface area (Å²) in [6.07, 6.45) is 4.36. The lowest BCUT2D eigenvalue weighted by Crippen LogP contribution is -2.16. The van der Waals surface area contributed by atoms with Crippen LogP contribution in [0.25, 0.3) is 22.3 Å². The highest BCUT2D eigenvalue weighted by molar-refractivity contribution is 5.82. The average molecular weight is 560 g/mol. The van der Waals surface area contributed by atoms with Crippen LogP contribution in [0.4, 0.5) is 13.2 Å². The normalized spacial score (nSPS) is 13.1. The lowest BCUT2D eigenvalue weighted by atomic mass is 9.93. The van der Waals surface area contributed by atoms with Crippen LogP contribution in [0.15, 0.2) is 60.9 Å². The molecule has 2 aromatic heterocycles. The summed E-state index contributed by atoms with van der Waals surface area (Å²) in [5.74, 6) is -2.09. The molecule has 41 heavy (non-hydrogen) atoms. The molecular weight excluding hydrogens is 531 g/mol. The SMILES string of the molecule is CCOC(=O)CCc1cccc([C@H](C)c2cnc3n2CCc2ccc(Oc4c(F)cc5[nH]ccc5c4F)cc2-3)c1F. The van der Waals surface area contributed by atoms with Crippen LogP contribution in [-0.2, 0) is 28.9 Å². The zero-order valence-electron chi connectivity index (χ0n) is 22.6. The van der Waals surface area contributed by atoms with Crippen LogP contribution in [0, 0.1) is 17.5 Å². The number of carbonyl (C=O) groups is 1. The average Bonchev–Trinajstić information content (AvgIpc) is 3.62. The highest BCUT2D eigenvalue weighted by Gasteiger charge is 2.26. The van der Waals surface area contributed by atoms with Crippen molar-refractivity contribution >= 4 is 16.9 Å². The van der Waals surface area contributed by atoms with Crippen LogP contribution in [-0.4, -0.2) is 27.1 Å². The van der Waals surface area contributed by atoms with Crippen molar-refractivity contribution in [2.24, 2.45) is 0 Å². The van der Waals surface area contributed by atoms with Crippen molar-refractivity contribution in [2.75, 3.05) is 6.61 Å². The van der Waals surface area contributed by atoms with Crippen molar-refractivity contribution in [1.29, 1.82) is 0 Å². The summed E-state index contributed by atoms with van der Waals surface area (Å²) in [6.45, 7) is 4.61. The number of esters is 1. The van der Waals surface area contributed by atoms with Gasteiger partial charge in [-0.1, -0.05) is 31.2 Å². The van der Waals surface area contributed by atoms with Gasteiger partial charge >= 0.3 is 5.97 Å². The number of benzene rings is 3. The van der Waals surface area contributed by atoms with Gasteiger partial charge in [0.1, 0.15) is 17.4 Å². The Bertz CT molecular complexity index is 1780. The highest BCUT2D eigenvalue weighted by atomic mass is 19.1. The number of aromatic amines is 1. The van der Waals surface area contributed by atoms with E-state index in [2.05, 4.69) is 14.5 Å². The van der Waals surface area contributed by atoms with Crippen LogP contribution in [0.5, 0.6) is 11.5 Å². The lowest BCUT2D eigenvalue weighted by Gasteiger charge is -2.23. The minimum Gasteiger partial charge on any atom is -0.466 e. The van der Waals surface area contributed by atoms with Crippen molar-refractivity contribution in [3.63, 3.8) is 0 Å². The maximum absolute atomic E-state index is 15.6. The number of nitrogens with zero attached hydrogens (tertiary/aromatic N) is 2. The summed E-state index contributed by atoms with van der Waals surface area (Å²) >= 11 is 0. The van der Waals surface area contributed by atoms with E-state index in [-0.39, 0.29) is 41.7 Å². The first kappa shape index (κ1) is 26.7. The van der Waals surface area contributed by atoms with Crippen molar-refractivity contribution in [3.8, 4) is 22.9 Å². The summed E-state index contributed by atoms with van der Waals surface area (Å²) in [7, 11) is 0. The molecule has 0 bridgehead atoms. The van der Waals surface area contributed by atoms with E-state index in [1.54, 1.807) is 49.6 Å². The second kappa shape index (κ2) is 10.8. The molecule has 0 fully saturated rings. The molecule has 1 aliphatic rings. The molecule has 3 aromatic carbocycles. The van der Waals surface area contributed by atoms with E-state index in [0.29, 0.717) is 42.0 Å². The molecular formula is C32H28F3N3O3. The number of halogens is 3. The number of imidazole rings is 1. The van der Waals surface area contributed by atoms with Crippen LogP contribution >= 0.6 is 0 Å². The van der Waals surface area contributed by atoms with Gasteiger partial charge in [0.15, 0.2) is 17.4 Å². The van der Waals surface area contributed by atoms with Gasteiger partial charge in [-0.2, -0.15) is 0 Å². The molecule has 6 rings (SSSR count). The Morgan fingerprint density at radius 1 is 1.12 bits per heavy atom. The molecule has 1 aliphatic heterocycles. The number of H-pyrrole nitrogens is 1. The molecule has 3 heterocycles. The Balaban J connectivity index is 1.29. The molecule has 6 nitrogen and oxygen atoms in total. The van der Waals surface area contributed by atoms with Gasteiger partial charge in [0.05, 0.1) is 12.1 Å². The molecule has 0 spiro atoms. The molecule has 1 N–H and O–H groups in total. The molecule has 0 saturated carbocycles. The Kier molecular flexibility index (Phi) is 7.03. The van der Waals surface area contributed by atoms with Gasteiger partial charge < -0.3 is 19.0 Å². The van der Waals surface area contributed by atoms with E-state index in [1.165, 1.54) is 12.1 Å². The van der Waals surface area contributed by atoms with E-state index < -0.39 is 17.4 Å². The zero-order chi connectivity index (χ0) is 28.7. The molecule has 0 unspecified atom stereocenters. The molecule has 5 aromatic rings. The molecule has 9 heteroatoms. The number of hydrogen-bond acceptors (Lipinski definition) is 4. The van der Waals surface area contributed by atoms with Gasteiger partial charge in [-0.25, -0.2) is 18.2 Å². The Labute approximate surface area is 234 Å². The van der Waals surface area contributed by atoms with E-state index >= 15 is 8.78 Å². The Morgan fingerprint density at radius 2 is 1.98 bits per heavy atom. The van der Waals surface area contributed by atoms with Gasteiger partial charge in [0.25, 0.3) is 0 Å². The fourth-order valence-corrected chi connectivity index (χ4v) is 5.54. The predicted molar refractivity (Wildman–Crippen MR) is 149 cm³/mol. The van der Waals surface area contributed by atoms with Crippen molar-refractivity contribution in [1.82, 2.24) is 14.5 Å². The minimum absolute atomic E-state index is 0.110. The number of aryl methyl sites for hydroxylation is 2. The fraction of sp³-hybridized carbons (Fsp3) is 0.250. The van der Waals surface area contributed by atoms with Gasteiger partial charge in [-0.05, 0) is 54.7 Å². The Hall–Kier alpha value is -4.53. The van der Waals surface area contributed by atoms with Crippen LogP contribution in [0.1, 0.15) is 48.6 Å². The van der Waals surface area contributed by atoms with E-state index in [9.17, 15) is 9.18 Å². The molecule has 1 atom stereocenters. The van der Waals surface area contributed by atoms with Gasteiger partial charge in [-0.3, -0.25) is 4.79 Å². The molecule has 0 aliphatic carbocycles. The largest absolute Gasteiger partial charge is 0.466 e. The third kappa shape index (κ3) is 4.85. The third-order valence-electron chi connectivity index (χ3n) is 7.66. The van der Waals surface area contributed by atoms with Gasteiger partial charge in [0, 0.05) is 54.0 Å². The van der Waals surface area contributed by atoms with Crippen molar-refractivity contribution in [3.05, 3.63) is 101 Å². The zero-order valence-corrected chi connectivity index (χ0v) is 22.6. The highest BCUT2D eigenvalue weighted by Crippen LogP contribution is 2.39. The van der Waals surface area contributed by atoms with E-state index in [0.717, 1.165) is 16.8 Å². The molecule has 0 saturated heterocycles. The lowest BCUT2D eigenvalue weighted by molar-refractivity contribution is -0.143. The monoisotopic (exact) mass is 559 g/mol. The molecule has 0 amide bonds. The summed E-state index contributed by atoms with van der Waals surface area (Å²) in [5.41, 5.74) is 3.99. The molecule has 0 radical (unpaired) electrons. The van der Waals surface area contributed by atoms with Crippen molar-refractivity contribution < 1.29 is 27.4 Å². The predicted octanol–water partition coefficient (Wildman–Crippen LogP) is 7.44. The maximum Gasteiger partial charge on any atom is 0.306 e. The third-order valence-corrected chi connectivity index (χ3v) is 7.66. The Morgan fingerprint density at radius 3 is 2.80 bits per heavy atom.